The molecule has 0 spiro atoms. The summed E-state index contributed by atoms with van der Waals surface area (Å²) in [5.74, 6) is -0.394. The van der Waals surface area contributed by atoms with Crippen molar-refractivity contribution in [1.29, 1.82) is 0 Å². The minimum Gasteiger partial charge on any atom is -0.462 e. The van der Waals surface area contributed by atoms with Crippen molar-refractivity contribution in [2.75, 3.05) is 33.5 Å². The molecule has 0 aliphatic rings. The van der Waals surface area contributed by atoms with Crippen LogP contribution in [0.3, 0.4) is 0 Å². The van der Waals surface area contributed by atoms with E-state index >= 15 is 0 Å². The van der Waals surface area contributed by atoms with E-state index in [2.05, 4.69) is 0 Å². The fraction of sp³-hybridized carbons (Fsp3) is 0.533. The summed E-state index contributed by atoms with van der Waals surface area (Å²) in [4.78, 5) is 11.7. The van der Waals surface area contributed by atoms with Gasteiger partial charge in [0.2, 0.25) is 0 Å². The van der Waals surface area contributed by atoms with Gasteiger partial charge in [-0.05, 0) is 18.4 Å². The highest BCUT2D eigenvalue weighted by Gasteiger charge is 2.15. The summed E-state index contributed by atoms with van der Waals surface area (Å²) >= 11 is 0. The van der Waals surface area contributed by atoms with Crippen LogP contribution in [0.2, 0.25) is 0 Å². The molecule has 0 fully saturated rings. The number of methoxy groups -OCH3 is 1. The van der Waals surface area contributed by atoms with Crippen LogP contribution in [0, 0.1) is 0 Å². The van der Waals surface area contributed by atoms with Crippen LogP contribution in [-0.4, -0.2) is 45.5 Å². The van der Waals surface area contributed by atoms with E-state index < -0.39 is 12.0 Å². The molecule has 2 N–H and O–H groups in total. The van der Waals surface area contributed by atoms with Gasteiger partial charge in [-0.3, -0.25) is 4.79 Å². The van der Waals surface area contributed by atoms with E-state index in [-0.39, 0.29) is 6.61 Å². The molecular weight excluding hydrogens is 258 g/mol. The third-order valence-electron chi connectivity index (χ3n) is 2.71. The molecule has 0 aliphatic heterocycles. The number of hydrogen-bond donors (Lipinski definition) is 1. The van der Waals surface area contributed by atoms with Gasteiger partial charge in [0, 0.05) is 20.3 Å². The molecule has 5 heteroatoms. The zero-order valence-electron chi connectivity index (χ0n) is 11.9. The first kappa shape index (κ1) is 16.6. The van der Waals surface area contributed by atoms with Crippen LogP contribution in [0.1, 0.15) is 12.0 Å². The molecule has 0 unspecified atom stereocenters. The summed E-state index contributed by atoms with van der Waals surface area (Å²) in [6.45, 7) is 1.88. The van der Waals surface area contributed by atoms with Gasteiger partial charge in [0.15, 0.2) is 0 Å². The van der Waals surface area contributed by atoms with Gasteiger partial charge in [-0.25, -0.2) is 0 Å². The average Bonchev–Trinajstić information content (AvgIpc) is 2.47. The van der Waals surface area contributed by atoms with E-state index in [0.29, 0.717) is 26.2 Å². The number of hydrogen-bond acceptors (Lipinski definition) is 5. The molecule has 0 saturated carbocycles. The summed E-state index contributed by atoms with van der Waals surface area (Å²) in [7, 11) is 1.65. The summed E-state index contributed by atoms with van der Waals surface area (Å²) in [6, 6.07) is 9.00. The Labute approximate surface area is 120 Å². The van der Waals surface area contributed by atoms with E-state index in [4.69, 9.17) is 19.9 Å². The quantitative estimate of drug-likeness (QED) is 0.514. The molecule has 0 radical (unpaired) electrons. The number of nitrogens with two attached hydrogens (primary N) is 1. The Hall–Kier alpha value is -1.43. The van der Waals surface area contributed by atoms with Gasteiger partial charge in [-0.15, -0.1) is 0 Å². The lowest BCUT2D eigenvalue weighted by Crippen LogP contribution is -2.35. The number of carbonyl (C=O) groups excluding carboxylic acids is 1. The average molecular weight is 281 g/mol. The highest BCUT2D eigenvalue weighted by Crippen LogP contribution is 2.02. The SMILES string of the molecule is COCCCOCCOC(=O)[C@H](N)Cc1ccccc1. The van der Waals surface area contributed by atoms with Crippen LogP contribution < -0.4 is 5.73 Å². The molecule has 1 aromatic rings. The predicted octanol–water partition coefficient (Wildman–Crippen LogP) is 1.15. The monoisotopic (exact) mass is 281 g/mol. The van der Waals surface area contributed by atoms with Crippen molar-refractivity contribution in [3.05, 3.63) is 35.9 Å². The number of carbonyl (C=O) groups is 1. The number of ether oxygens (including phenoxy) is 3. The van der Waals surface area contributed by atoms with Crippen LogP contribution in [0.15, 0.2) is 30.3 Å². The zero-order valence-corrected chi connectivity index (χ0v) is 11.9. The Morgan fingerprint density at radius 3 is 2.60 bits per heavy atom. The Bertz CT molecular complexity index is 369. The Kier molecular flexibility index (Phi) is 8.62. The van der Waals surface area contributed by atoms with Gasteiger partial charge in [0.05, 0.1) is 6.61 Å². The zero-order chi connectivity index (χ0) is 14.6. The third kappa shape index (κ3) is 7.23. The minimum atomic E-state index is -0.633. The molecular formula is C15H23NO4. The molecule has 20 heavy (non-hydrogen) atoms. The van der Waals surface area contributed by atoms with Crippen LogP contribution in [0.4, 0.5) is 0 Å². The first-order chi connectivity index (χ1) is 9.74. The predicted molar refractivity (Wildman–Crippen MR) is 76.4 cm³/mol. The van der Waals surface area contributed by atoms with E-state index in [1.165, 1.54) is 0 Å². The largest absolute Gasteiger partial charge is 0.462 e. The van der Waals surface area contributed by atoms with Crippen molar-refractivity contribution in [2.45, 2.75) is 18.9 Å². The van der Waals surface area contributed by atoms with E-state index in [1.807, 2.05) is 30.3 Å². The number of benzene rings is 1. The fourth-order valence-electron chi connectivity index (χ4n) is 1.67. The second-order valence-corrected chi connectivity index (χ2v) is 4.42. The van der Waals surface area contributed by atoms with Gasteiger partial charge in [0.25, 0.3) is 0 Å². The Morgan fingerprint density at radius 2 is 1.90 bits per heavy atom. The Morgan fingerprint density at radius 1 is 1.15 bits per heavy atom. The molecule has 1 aromatic carbocycles. The summed E-state index contributed by atoms with van der Waals surface area (Å²) < 4.78 is 15.2. The first-order valence-corrected chi connectivity index (χ1v) is 6.77. The van der Waals surface area contributed by atoms with Crippen molar-refractivity contribution in [3.63, 3.8) is 0 Å². The van der Waals surface area contributed by atoms with Gasteiger partial charge in [0.1, 0.15) is 12.6 Å². The molecule has 112 valence electrons. The molecule has 0 saturated heterocycles. The van der Waals surface area contributed by atoms with E-state index in [9.17, 15) is 4.79 Å². The molecule has 1 rings (SSSR count). The molecule has 0 amide bonds. The molecule has 5 nitrogen and oxygen atoms in total. The number of rotatable bonds is 10. The first-order valence-electron chi connectivity index (χ1n) is 6.77. The van der Waals surface area contributed by atoms with Crippen molar-refractivity contribution in [1.82, 2.24) is 0 Å². The van der Waals surface area contributed by atoms with Crippen LogP contribution in [0.25, 0.3) is 0 Å². The normalized spacial score (nSPS) is 12.1. The highest BCUT2D eigenvalue weighted by molar-refractivity contribution is 5.75. The van der Waals surface area contributed by atoms with Crippen LogP contribution in [-0.2, 0) is 25.4 Å². The Balaban J connectivity index is 2.10. The second-order valence-electron chi connectivity index (χ2n) is 4.42. The van der Waals surface area contributed by atoms with Crippen LogP contribution >= 0.6 is 0 Å². The lowest BCUT2D eigenvalue weighted by Gasteiger charge is -2.11. The van der Waals surface area contributed by atoms with Crippen molar-refractivity contribution < 1.29 is 19.0 Å². The maximum Gasteiger partial charge on any atom is 0.323 e. The van der Waals surface area contributed by atoms with Gasteiger partial charge < -0.3 is 19.9 Å². The maximum atomic E-state index is 11.7. The lowest BCUT2D eigenvalue weighted by atomic mass is 10.1. The number of esters is 1. The highest BCUT2D eigenvalue weighted by atomic mass is 16.6. The topological polar surface area (TPSA) is 70.8 Å². The van der Waals surface area contributed by atoms with Crippen molar-refractivity contribution in [2.24, 2.45) is 5.73 Å². The maximum absolute atomic E-state index is 11.7. The molecule has 0 heterocycles. The van der Waals surface area contributed by atoms with Gasteiger partial charge in [-0.2, -0.15) is 0 Å². The molecule has 0 bridgehead atoms. The van der Waals surface area contributed by atoms with Gasteiger partial charge in [-0.1, -0.05) is 30.3 Å². The second kappa shape index (κ2) is 10.4. The summed E-state index contributed by atoms with van der Waals surface area (Å²) in [5, 5.41) is 0. The van der Waals surface area contributed by atoms with E-state index in [1.54, 1.807) is 7.11 Å². The minimum absolute atomic E-state index is 0.230. The van der Waals surface area contributed by atoms with Crippen LogP contribution in [0.5, 0.6) is 0 Å². The fourth-order valence-corrected chi connectivity index (χ4v) is 1.67. The summed E-state index contributed by atoms with van der Waals surface area (Å²) in [6.07, 6.45) is 1.31. The van der Waals surface area contributed by atoms with Crippen molar-refractivity contribution >= 4 is 5.97 Å². The third-order valence-corrected chi connectivity index (χ3v) is 2.71. The molecule has 0 aliphatic carbocycles. The molecule has 0 aromatic heterocycles. The van der Waals surface area contributed by atoms with E-state index in [0.717, 1.165) is 12.0 Å². The van der Waals surface area contributed by atoms with Crippen molar-refractivity contribution in [3.8, 4) is 0 Å². The summed E-state index contributed by atoms with van der Waals surface area (Å²) in [5.41, 5.74) is 6.82. The van der Waals surface area contributed by atoms with Gasteiger partial charge >= 0.3 is 5.97 Å². The smallest absolute Gasteiger partial charge is 0.323 e. The lowest BCUT2D eigenvalue weighted by molar-refractivity contribution is -0.146. The molecule has 1 atom stereocenters. The standard InChI is InChI=1S/C15H23NO4/c1-18-8-5-9-19-10-11-20-15(17)14(16)12-13-6-3-2-4-7-13/h2-4,6-7,14H,5,8-12,16H2,1H3/t14-/m1/s1.